The fraction of sp³-hybridized carbons (Fsp3) is 0.462. The van der Waals surface area contributed by atoms with Gasteiger partial charge in [0.05, 0.1) is 23.9 Å². The molecule has 0 aliphatic carbocycles. The Balaban J connectivity index is 2.98. The van der Waals surface area contributed by atoms with E-state index in [2.05, 4.69) is 28.0 Å². The molecule has 0 spiro atoms. The highest BCUT2D eigenvalue weighted by Gasteiger charge is 2.11. The van der Waals surface area contributed by atoms with Gasteiger partial charge in [-0.15, -0.1) is 0 Å². The van der Waals surface area contributed by atoms with Gasteiger partial charge >= 0.3 is 0 Å². The average molecular weight is 315 g/mol. The molecule has 18 heavy (non-hydrogen) atoms. The highest BCUT2D eigenvalue weighted by molar-refractivity contribution is 9.10. The Morgan fingerprint density at radius 2 is 2.11 bits per heavy atom. The summed E-state index contributed by atoms with van der Waals surface area (Å²) in [5, 5.41) is 3.51. The maximum atomic E-state index is 5.75. The average Bonchev–Trinajstić information content (AvgIpc) is 2.33. The van der Waals surface area contributed by atoms with E-state index >= 15 is 0 Å². The number of halogens is 1. The lowest BCUT2D eigenvalue weighted by molar-refractivity contribution is 0.271. The van der Waals surface area contributed by atoms with Gasteiger partial charge in [-0.3, -0.25) is 0 Å². The minimum Gasteiger partial charge on any atom is -0.490 e. The number of hydrogen-bond donors (Lipinski definition) is 1. The van der Waals surface area contributed by atoms with E-state index in [1.165, 1.54) is 0 Å². The molecule has 1 aromatic rings. The zero-order chi connectivity index (χ0) is 13.4. The Kier molecular flexibility index (Phi) is 6.57. The van der Waals surface area contributed by atoms with Gasteiger partial charge in [0, 0.05) is 0 Å². The van der Waals surface area contributed by atoms with Crippen LogP contribution in [0.5, 0.6) is 11.5 Å². The molecule has 0 saturated carbocycles. The van der Waals surface area contributed by atoms with Crippen LogP contribution in [0.4, 0.5) is 0 Å². The minimum absolute atomic E-state index is 0.583. The van der Waals surface area contributed by atoms with Crippen LogP contribution in [0.2, 0.25) is 0 Å². The van der Waals surface area contributed by atoms with Gasteiger partial charge in [-0.1, -0.05) is 13.3 Å². The molecule has 0 unspecified atom stereocenters. The molecule has 2 N–H and O–H groups in total. The van der Waals surface area contributed by atoms with Crippen LogP contribution >= 0.6 is 15.9 Å². The number of benzene rings is 1. The maximum absolute atomic E-state index is 5.75. The number of hydrogen-bond acceptors (Lipinski definition) is 4. The number of ether oxygens (including phenoxy) is 2. The lowest BCUT2D eigenvalue weighted by Crippen LogP contribution is -2.02. The first-order chi connectivity index (χ1) is 8.72. The van der Waals surface area contributed by atoms with Crippen molar-refractivity contribution in [3.8, 4) is 11.5 Å². The Labute approximate surface area is 116 Å². The normalized spacial score (nSPS) is 10.8. The first-order valence-corrected chi connectivity index (χ1v) is 6.84. The summed E-state index contributed by atoms with van der Waals surface area (Å²) in [4.78, 5) is 0. The summed E-state index contributed by atoms with van der Waals surface area (Å²) in [6.07, 6.45) is 3.69. The van der Waals surface area contributed by atoms with Crippen LogP contribution in [-0.4, -0.2) is 19.4 Å². The van der Waals surface area contributed by atoms with Crippen molar-refractivity contribution in [3.63, 3.8) is 0 Å². The third-order valence-electron chi connectivity index (χ3n) is 2.30. The third-order valence-corrected chi connectivity index (χ3v) is 2.89. The molecule has 0 aromatic heterocycles. The van der Waals surface area contributed by atoms with E-state index < -0.39 is 0 Å². The largest absolute Gasteiger partial charge is 0.490 e. The van der Waals surface area contributed by atoms with Gasteiger partial charge < -0.3 is 15.3 Å². The maximum Gasteiger partial charge on any atom is 0.175 e. The second-order valence-corrected chi connectivity index (χ2v) is 4.60. The summed E-state index contributed by atoms with van der Waals surface area (Å²) >= 11 is 3.48. The van der Waals surface area contributed by atoms with E-state index in [1.54, 1.807) is 6.21 Å². The van der Waals surface area contributed by atoms with E-state index in [4.69, 9.17) is 15.3 Å². The predicted molar refractivity (Wildman–Crippen MR) is 77.5 cm³/mol. The smallest absolute Gasteiger partial charge is 0.175 e. The van der Waals surface area contributed by atoms with Crippen LogP contribution in [0.15, 0.2) is 21.7 Å². The molecule has 0 radical (unpaired) electrons. The van der Waals surface area contributed by atoms with Crippen LogP contribution < -0.4 is 15.3 Å². The van der Waals surface area contributed by atoms with Crippen LogP contribution in [0.1, 0.15) is 32.3 Å². The van der Waals surface area contributed by atoms with Crippen molar-refractivity contribution in [1.82, 2.24) is 0 Å². The number of hydrazone groups is 1. The monoisotopic (exact) mass is 314 g/mol. The SMILES string of the molecule is CCCCOc1c(Br)cc(C=NN)cc1OCC. The first-order valence-electron chi connectivity index (χ1n) is 6.05. The van der Waals surface area contributed by atoms with Gasteiger partial charge in [-0.2, -0.15) is 5.10 Å². The van der Waals surface area contributed by atoms with Gasteiger partial charge in [-0.25, -0.2) is 0 Å². The fourth-order valence-electron chi connectivity index (χ4n) is 1.47. The molecular weight excluding hydrogens is 296 g/mol. The van der Waals surface area contributed by atoms with Crippen LogP contribution in [0, 0.1) is 0 Å². The highest BCUT2D eigenvalue weighted by atomic mass is 79.9. The van der Waals surface area contributed by atoms with Gasteiger partial charge in [-0.05, 0) is 47.0 Å². The van der Waals surface area contributed by atoms with Gasteiger partial charge in [0.25, 0.3) is 0 Å². The van der Waals surface area contributed by atoms with Crippen LogP contribution in [-0.2, 0) is 0 Å². The summed E-state index contributed by atoms with van der Waals surface area (Å²) in [5.74, 6) is 6.59. The van der Waals surface area contributed by atoms with Crippen molar-refractivity contribution in [3.05, 3.63) is 22.2 Å². The van der Waals surface area contributed by atoms with Gasteiger partial charge in [0.15, 0.2) is 11.5 Å². The molecule has 0 aliphatic rings. The Bertz CT molecular complexity index is 408. The molecule has 0 aliphatic heterocycles. The van der Waals surface area contributed by atoms with Gasteiger partial charge in [0.2, 0.25) is 0 Å². The van der Waals surface area contributed by atoms with Crippen LogP contribution in [0.3, 0.4) is 0 Å². The van der Waals surface area contributed by atoms with E-state index in [0.29, 0.717) is 19.0 Å². The van der Waals surface area contributed by atoms with Crippen molar-refractivity contribution >= 4 is 22.1 Å². The quantitative estimate of drug-likeness (QED) is 0.363. The van der Waals surface area contributed by atoms with E-state index in [-0.39, 0.29) is 0 Å². The number of nitrogens with two attached hydrogens (primary N) is 1. The van der Waals surface area contributed by atoms with Crippen molar-refractivity contribution in [2.24, 2.45) is 10.9 Å². The van der Waals surface area contributed by atoms with E-state index in [1.807, 2.05) is 19.1 Å². The lowest BCUT2D eigenvalue weighted by atomic mass is 10.2. The summed E-state index contributed by atoms with van der Waals surface area (Å²) in [5.41, 5.74) is 0.871. The van der Waals surface area contributed by atoms with Crippen molar-refractivity contribution in [2.45, 2.75) is 26.7 Å². The number of unbranched alkanes of at least 4 members (excludes halogenated alkanes) is 1. The molecule has 0 fully saturated rings. The highest BCUT2D eigenvalue weighted by Crippen LogP contribution is 2.36. The van der Waals surface area contributed by atoms with Crippen molar-refractivity contribution < 1.29 is 9.47 Å². The third kappa shape index (κ3) is 4.22. The summed E-state index contributed by atoms with van der Waals surface area (Å²) in [7, 11) is 0. The van der Waals surface area contributed by atoms with Crippen molar-refractivity contribution in [1.29, 1.82) is 0 Å². The molecule has 4 nitrogen and oxygen atoms in total. The second-order valence-electron chi connectivity index (χ2n) is 3.74. The van der Waals surface area contributed by atoms with E-state index in [0.717, 1.165) is 28.6 Å². The molecular formula is C13H19BrN2O2. The lowest BCUT2D eigenvalue weighted by Gasteiger charge is -2.14. The molecule has 1 rings (SSSR count). The fourth-order valence-corrected chi connectivity index (χ4v) is 2.04. The predicted octanol–water partition coefficient (Wildman–Crippen LogP) is 3.32. The molecule has 0 saturated heterocycles. The topological polar surface area (TPSA) is 56.8 Å². The second kappa shape index (κ2) is 7.97. The summed E-state index contributed by atoms with van der Waals surface area (Å²) in [6.45, 7) is 5.33. The van der Waals surface area contributed by atoms with E-state index in [9.17, 15) is 0 Å². The molecule has 1 aromatic carbocycles. The molecule has 100 valence electrons. The Hall–Kier alpha value is -1.23. The standard InChI is InChI=1S/C13H19BrN2O2/c1-3-5-6-18-13-11(14)7-10(9-16-15)8-12(13)17-4-2/h7-9H,3-6,15H2,1-2H3. The van der Waals surface area contributed by atoms with Crippen molar-refractivity contribution in [2.75, 3.05) is 13.2 Å². The Morgan fingerprint density at radius 3 is 2.72 bits per heavy atom. The molecule has 0 heterocycles. The summed E-state index contributed by atoms with van der Waals surface area (Å²) < 4.78 is 12.2. The van der Waals surface area contributed by atoms with Crippen LogP contribution in [0.25, 0.3) is 0 Å². The zero-order valence-corrected chi connectivity index (χ0v) is 12.4. The molecule has 0 amide bonds. The number of nitrogens with zero attached hydrogens (tertiary/aromatic N) is 1. The molecule has 0 atom stereocenters. The first kappa shape index (κ1) is 14.8. The number of rotatable bonds is 7. The molecule has 5 heteroatoms. The Morgan fingerprint density at radius 1 is 1.33 bits per heavy atom. The van der Waals surface area contributed by atoms with Gasteiger partial charge in [0.1, 0.15) is 0 Å². The minimum atomic E-state index is 0.583. The molecule has 0 bridgehead atoms. The summed E-state index contributed by atoms with van der Waals surface area (Å²) in [6, 6.07) is 3.77. The zero-order valence-electron chi connectivity index (χ0n) is 10.8.